The van der Waals surface area contributed by atoms with E-state index in [0.717, 1.165) is 29.3 Å². The van der Waals surface area contributed by atoms with E-state index < -0.39 is 28.8 Å². The molecule has 10 rings (SSSR count). The summed E-state index contributed by atoms with van der Waals surface area (Å²) in [6.07, 6.45) is 6.87. The summed E-state index contributed by atoms with van der Waals surface area (Å²) in [6.45, 7) is 12.2. The molecule has 3 aromatic carbocycles. The standard InChI is InChI=1S/C48H50F2N10O5/c1-25-18-32(19-26(2)40(25)49)53-42(59-16-15-58(46(59)63)37-11-10-36-33(41(37)50)24-52-56(36)7)39-28(4)57(14-12-34(39)51)43(61)38-21-31-20-29(30-13-17-64-47(5,6)23-30)8-9-35(31)60(38)48(22-27(48)3)44-54-45(62)65-55-44/h8-11,15-16,18-21,24,27-28,30H,12-14,17,22-23,51H2,1-7H3,(H,54,55,62)/t27-,28-,30-,48-/m0/s1. The van der Waals surface area contributed by atoms with Gasteiger partial charge in [-0.3, -0.25) is 28.1 Å². The molecular formula is C48H50F2N10O5. The van der Waals surface area contributed by atoms with Crippen molar-refractivity contribution in [2.45, 2.75) is 90.3 Å². The van der Waals surface area contributed by atoms with E-state index in [2.05, 4.69) is 41.2 Å². The van der Waals surface area contributed by atoms with E-state index in [0.29, 0.717) is 58.1 Å². The number of amides is 1. The summed E-state index contributed by atoms with van der Waals surface area (Å²) >= 11 is 0. The number of ether oxygens (including phenoxy) is 1. The highest BCUT2D eigenvalue weighted by atomic mass is 19.1. The van der Waals surface area contributed by atoms with Gasteiger partial charge in [-0.05, 0) is 125 Å². The topological polar surface area (TPSA) is 176 Å². The summed E-state index contributed by atoms with van der Waals surface area (Å²) in [5.41, 5.74) is 9.84. The molecule has 65 heavy (non-hydrogen) atoms. The number of nitrogens with two attached hydrogens (primary N) is 1. The van der Waals surface area contributed by atoms with E-state index in [-0.39, 0.29) is 59.0 Å². The van der Waals surface area contributed by atoms with Gasteiger partial charge in [-0.1, -0.05) is 18.1 Å². The summed E-state index contributed by atoms with van der Waals surface area (Å²) in [5, 5.41) is 9.44. The lowest BCUT2D eigenvalue weighted by Gasteiger charge is -2.37. The molecule has 336 valence electrons. The Morgan fingerprint density at radius 1 is 0.985 bits per heavy atom. The SMILES string of the molecule is Cc1cc(N=C(C2=C(N)CCN(C(=O)c3cc4cc([C@H]5CCOC(C)(C)C5)ccc4n3[C@@]3(c4noc(=O)[nH]4)C[C@@H]3C)[C@H]2C)n2ccn(-c3ccc4c(cnn4C)c3F)c2=O)cc(C)c1F. The lowest BCUT2D eigenvalue weighted by Crippen LogP contribution is -2.49. The van der Waals surface area contributed by atoms with Crippen LogP contribution in [0.1, 0.15) is 92.3 Å². The molecule has 6 heterocycles. The van der Waals surface area contributed by atoms with Crippen molar-refractivity contribution in [3.8, 4) is 5.69 Å². The van der Waals surface area contributed by atoms with Crippen molar-refractivity contribution in [3.63, 3.8) is 0 Å². The number of nitrogens with one attached hydrogen (secondary N) is 1. The van der Waals surface area contributed by atoms with E-state index in [1.54, 1.807) is 48.7 Å². The second kappa shape index (κ2) is 15.1. The largest absolute Gasteiger partial charge is 0.438 e. The van der Waals surface area contributed by atoms with Gasteiger partial charge in [0.05, 0.1) is 40.1 Å². The number of hydrogen-bond acceptors (Lipinski definition) is 9. The molecule has 4 atom stereocenters. The normalized spacial score (nSPS) is 22.4. The van der Waals surface area contributed by atoms with Crippen LogP contribution in [0, 0.1) is 31.4 Å². The maximum atomic E-state index is 16.1. The van der Waals surface area contributed by atoms with Gasteiger partial charge in [0, 0.05) is 61.2 Å². The number of aromatic nitrogens is 7. The first-order valence-electron chi connectivity index (χ1n) is 21.9. The van der Waals surface area contributed by atoms with Gasteiger partial charge >= 0.3 is 11.4 Å². The number of nitrogens with zero attached hydrogens (tertiary/aromatic N) is 8. The van der Waals surface area contributed by atoms with Crippen molar-refractivity contribution >= 4 is 39.2 Å². The Kier molecular flexibility index (Phi) is 9.78. The quantitative estimate of drug-likeness (QED) is 0.124. The van der Waals surface area contributed by atoms with Gasteiger partial charge in [-0.15, -0.1) is 0 Å². The Bertz CT molecular complexity index is 3270. The maximum absolute atomic E-state index is 16.1. The number of hydrogen-bond donors (Lipinski definition) is 2. The van der Waals surface area contributed by atoms with Crippen molar-refractivity contribution in [1.82, 2.24) is 38.5 Å². The highest BCUT2D eigenvalue weighted by Crippen LogP contribution is 2.56. The molecule has 3 N–H and O–H groups in total. The van der Waals surface area contributed by atoms with Crippen molar-refractivity contribution < 1.29 is 22.8 Å². The molecule has 17 heteroatoms. The predicted molar refractivity (Wildman–Crippen MR) is 241 cm³/mol. The zero-order chi connectivity index (χ0) is 45.9. The van der Waals surface area contributed by atoms with Crippen LogP contribution in [0.2, 0.25) is 0 Å². The number of imidazole rings is 1. The van der Waals surface area contributed by atoms with Crippen molar-refractivity contribution in [3.05, 3.63) is 139 Å². The van der Waals surface area contributed by atoms with Crippen LogP contribution in [0.15, 0.2) is 97.5 Å². The maximum Gasteiger partial charge on any atom is 0.438 e. The van der Waals surface area contributed by atoms with Gasteiger partial charge < -0.3 is 19.9 Å². The van der Waals surface area contributed by atoms with Crippen LogP contribution < -0.4 is 17.2 Å². The first-order chi connectivity index (χ1) is 31.0. The third kappa shape index (κ3) is 6.77. The first kappa shape index (κ1) is 42.1. The van der Waals surface area contributed by atoms with Gasteiger partial charge in [-0.25, -0.2) is 23.4 Å². The number of aromatic amines is 1. The smallest absolute Gasteiger partial charge is 0.402 e. The molecule has 4 aromatic heterocycles. The lowest BCUT2D eigenvalue weighted by molar-refractivity contribution is -0.0592. The summed E-state index contributed by atoms with van der Waals surface area (Å²) in [5.74, 6) is -1.36. The fourth-order valence-corrected chi connectivity index (χ4v) is 10.4. The molecule has 1 aliphatic carbocycles. The number of aryl methyl sites for hydroxylation is 3. The molecule has 2 fully saturated rings. The average Bonchev–Trinajstić information content (AvgIpc) is 3.75. The Hall–Kier alpha value is -6.88. The van der Waals surface area contributed by atoms with Crippen molar-refractivity contribution in [1.29, 1.82) is 0 Å². The molecule has 1 saturated carbocycles. The second-order valence-electron chi connectivity index (χ2n) is 18.6. The number of H-pyrrole nitrogens is 1. The average molecular weight is 885 g/mol. The molecule has 0 unspecified atom stereocenters. The van der Waals surface area contributed by atoms with Gasteiger partial charge in [0.2, 0.25) is 0 Å². The fourth-order valence-electron chi connectivity index (χ4n) is 10.4. The highest BCUT2D eigenvalue weighted by molar-refractivity contribution is 6.05. The van der Waals surface area contributed by atoms with Gasteiger partial charge in [-0.2, -0.15) is 5.10 Å². The number of halogens is 2. The van der Waals surface area contributed by atoms with Crippen LogP contribution in [0.25, 0.3) is 27.5 Å². The van der Waals surface area contributed by atoms with Crippen LogP contribution in [-0.4, -0.2) is 75.1 Å². The molecule has 3 aliphatic rings. The molecule has 0 spiro atoms. The molecular weight excluding hydrogens is 835 g/mol. The Balaban J connectivity index is 1.10. The van der Waals surface area contributed by atoms with Crippen LogP contribution in [-0.2, 0) is 17.3 Å². The molecule has 0 bridgehead atoms. The van der Waals surface area contributed by atoms with Gasteiger partial charge in [0.1, 0.15) is 22.9 Å². The number of carbonyl (C=O) groups is 1. The van der Waals surface area contributed by atoms with E-state index in [1.807, 2.05) is 30.5 Å². The number of aliphatic imine (C=N–C) groups is 1. The summed E-state index contributed by atoms with van der Waals surface area (Å²) in [4.78, 5) is 52.0. The number of rotatable bonds is 7. The lowest BCUT2D eigenvalue weighted by atomic mass is 9.83. The van der Waals surface area contributed by atoms with Gasteiger partial charge in [0.15, 0.2) is 11.6 Å². The van der Waals surface area contributed by atoms with Gasteiger partial charge in [0.25, 0.3) is 5.91 Å². The second-order valence-corrected chi connectivity index (χ2v) is 18.6. The molecule has 15 nitrogen and oxygen atoms in total. The third-order valence-electron chi connectivity index (χ3n) is 13.9. The van der Waals surface area contributed by atoms with E-state index in [9.17, 15) is 14.0 Å². The van der Waals surface area contributed by atoms with E-state index in [1.165, 1.54) is 33.8 Å². The molecule has 7 aromatic rings. The van der Waals surface area contributed by atoms with Crippen molar-refractivity contribution in [2.24, 2.45) is 23.7 Å². The van der Waals surface area contributed by atoms with Crippen LogP contribution >= 0.6 is 0 Å². The van der Waals surface area contributed by atoms with Crippen molar-refractivity contribution in [2.75, 3.05) is 13.2 Å². The zero-order valence-electron chi connectivity index (χ0n) is 37.3. The van der Waals surface area contributed by atoms with E-state index >= 15 is 9.18 Å². The van der Waals surface area contributed by atoms with E-state index in [4.69, 9.17) is 20.0 Å². The molecule has 1 saturated heterocycles. The summed E-state index contributed by atoms with van der Waals surface area (Å²) in [7, 11) is 1.71. The zero-order valence-corrected chi connectivity index (χ0v) is 37.3. The fraction of sp³-hybridized carbons (Fsp3) is 0.375. The van der Waals surface area contributed by atoms with Crippen LogP contribution in [0.5, 0.6) is 0 Å². The Morgan fingerprint density at radius 2 is 1.72 bits per heavy atom. The predicted octanol–water partition coefficient (Wildman–Crippen LogP) is 7.23. The van der Waals surface area contributed by atoms with Crippen LogP contribution in [0.3, 0.4) is 0 Å². The summed E-state index contributed by atoms with van der Waals surface area (Å²) < 4.78 is 48.2. The number of carbonyl (C=O) groups excluding carboxylic acids is 1. The Labute approximate surface area is 371 Å². The highest BCUT2D eigenvalue weighted by Gasteiger charge is 2.59. The minimum absolute atomic E-state index is 0.00530. The minimum atomic E-state index is -0.882. The monoisotopic (exact) mass is 884 g/mol. The minimum Gasteiger partial charge on any atom is -0.402 e. The molecule has 2 aliphatic heterocycles. The van der Waals surface area contributed by atoms with Crippen LogP contribution in [0.4, 0.5) is 14.5 Å². The molecule has 1 amide bonds. The molecule has 0 radical (unpaired) electrons. The summed E-state index contributed by atoms with van der Waals surface area (Å²) in [6, 6.07) is 13.8. The number of fused-ring (bicyclic) bond motifs is 2. The third-order valence-corrected chi connectivity index (χ3v) is 13.9. The first-order valence-corrected chi connectivity index (χ1v) is 21.9. The Morgan fingerprint density at radius 3 is 2.42 bits per heavy atom. The number of benzene rings is 3.